The number of hydrogen-bond acceptors (Lipinski definition) is 3. The molecule has 3 N–H and O–H groups in total. The molecule has 0 fully saturated rings. The predicted octanol–water partition coefficient (Wildman–Crippen LogP) is 7.10. The van der Waals surface area contributed by atoms with Crippen LogP contribution in [0.2, 0.25) is 0 Å². The van der Waals surface area contributed by atoms with E-state index in [-0.39, 0.29) is 17.2 Å². The first kappa shape index (κ1) is 23.7. The normalized spacial score (nSPS) is 12.5. The highest BCUT2D eigenvalue weighted by molar-refractivity contribution is 5.56. The van der Waals surface area contributed by atoms with Gasteiger partial charge in [0.25, 0.3) is 0 Å². The van der Waals surface area contributed by atoms with Gasteiger partial charge < -0.3 is 15.3 Å². The SMILES string of the molecule is CC(C)(C)CCCCCCc1cc(O)c(CCCCC(C)(C)C)c(O)c1O. The van der Waals surface area contributed by atoms with E-state index in [1.165, 1.54) is 19.3 Å². The maximum absolute atomic E-state index is 10.3. The summed E-state index contributed by atoms with van der Waals surface area (Å²) in [7, 11) is 0. The van der Waals surface area contributed by atoms with Gasteiger partial charge in [-0.2, -0.15) is 0 Å². The molecule has 1 aromatic rings. The Morgan fingerprint density at radius 1 is 0.630 bits per heavy atom. The van der Waals surface area contributed by atoms with Gasteiger partial charge in [0.05, 0.1) is 0 Å². The van der Waals surface area contributed by atoms with Gasteiger partial charge in [0.1, 0.15) is 5.75 Å². The van der Waals surface area contributed by atoms with Crippen LogP contribution >= 0.6 is 0 Å². The molecule has 0 spiro atoms. The van der Waals surface area contributed by atoms with Crippen LogP contribution in [-0.2, 0) is 12.8 Å². The summed E-state index contributed by atoms with van der Waals surface area (Å²) in [6.07, 6.45) is 10.0. The van der Waals surface area contributed by atoms with Gasteiger partial charge in [-0.1, -0.05) is 67.2 Å². The fraction of sp³-hybridized carbons (Fsp3) is 0.750. The zero-order chi connectivity index (χ0) is 20.7. The first-order valence-corrected chi connectivity index (χ1v) is 10.7. The molecule has 0 heterocycles. The lowest BCUT2D eigenvalue weighted by Crippen LogP contribution is -2.04. The van der Waals surface area contributed by atoms with Crippen LogP contribution in [-0.4, -0.2) is 15.3 Å². The highest BCUT2D eigenvalue weighted by atomic mass is 16.3. The van der Waals surface area contributed by atoms with Crippen LogP contribution in [0.1, 0.15) is 104 Å². The molecule has 0 aliphatic heterocycles. The third-order valence-corrected chi connectivity index (χ3v) is 5.16. The van der Waals surface area contributed by atoms with Crippen LogP contribution in [0.15, 0.2) is 6.07 Å². The van der Waals surface area contributed by atoms with Crippen LogP contribution in [0.25, 0.3) is 0 Å². The molecule has 27 heavy (non-hydrogen) atoms. The van der Waals surface area contributed by atoms with Crippen molar-refractivity contribution in [2.24, 2.45) is 10.8 Å². The van der Waals surface area contributed by atoms with Crippen molar-refractivity contribution in [3.63, 3.8) is 0 Å². The number of phenolic OH excluding ortho intramolecular Hbond substituents is 3. The van der Waals surface area contributed by atoms with Crippen molar-refractivity contribution in [1.82, 2.24) is 0 Å². The number of aromatic hydroxyl groups is 3. The average Bonchev–Trinajstić information content (AvgIpc) is 2.52. The van der Waals surface area contributed by atoms with Crippen molar-refractivity contribution < 1.29 is 15.3 Å². The minimum Gasteiger partial charge on any atom is -0.508 e. The summed E-state index contributed by atoms with van der Waals surface area (Å²) < 4.78 is 0. The highest BCUT2D eigenvalue weighted by Gasteiger charge is 2.17. The summed E-state index contributed by atoms with van der Waals surface area (Å²) in [5, 5.41) is 31.0. The molecule has 156 valence electrons. The number of hydrogen-bond donors (Lipinski definition) is 3. The Balaban J connectivity index is 2.51. The molecule has 3 nitrogen and oxygen atoms in total. The largest absolute Gasteiger partial charge is 0.508 e. The monoisotopic (exact) mass is 378 g/mol. The molecule has 0 bridgehead atoms. The van der Waals surface area contributed by atoms with E-state index in [2.05, 4.69) is 41.5 Å². The number of phenols is 3. The van der Waals surface area contributed by atoms with Crippen LogP contribution in [0.5, 0.6) is 17.2 Å². The van der Waals surface area contributed by atoms with E-state index in [0.29, 0.717) is 34.8 Å². The van der Waals surface area contributed by atoms with Crippen LogP contribution in [0, 0.1) is 10.8 Å². The van der Waals surface area contributed by atoms with Crippen molar-refractivity contribution in [2.75, 3.05) is 0 Å². The highest BCUT2D eigenvalue weighted by Crippen LogP contribution is 2.40. The summed E-state index contributed by atoms with van der Waals surface area (Å²) in [6.45, 7) is 13.4. The van der Waals surface area contributed by atoms with E-state index in [9.17, 15) is 15.3 Å². The number of benzene rings is 1. The summed E-state index contributed by atoms with van der Waals surface area (Å²) in [5.41, 5.74) is 1.82. The van der Waals surface area contributed by atoms with Crippen molar-refractivity contribution in [3.05, 3.63) is 17.2 Å². The molecule has 0 amide bonds. The van der Waals surface area contributed by atoms with Crippen molar-refractivity contribution >= 4 is 0 Å². The maximum Gasteiger partial charge on any atom is 0.164 e. The molecule has 0 saturated heterocycles. The third kappa shape index (κ3) is 9.39. The molecular formula is C24H42O3. The van der Waals surface area contributed by atoms with Gasteiger partial charge in [-0.25, -0.2) is 0 Å². The fourth-order valence-corrected chi connectivity index (χ4v) is 3.46. The van der Waals surface area contributed by atoms with Gasteiger partial charge in [0, 0.05) is 11.1 Å². The van der Waals surface area contributed by atoms with Crippen LogP contribution in [0.4, 0.5) is 0 Å². The van der Waals surface area contributed by atoms with Gasteiger partial charge in [-0.3, -0.25) is 0 Å². The molecule has 0 aromatic heterocycles. The summed E-state index contributed by atoms with van der Waals surface area (Å²) in [6, 6.07) is 1.64. The molecule has 0 radical (unpaired) electrons. The van der Waals surface area contributed by atoms with E-state index in [1.807, 2.05) is 0 Å². The lowest BCUT2D eigenvalue weighted by atomic mass is 9.88. The Morgan fingerprint density at radius 2 is 1.11 bits per heavy atom. The second-order valence-electron chi connectivity index (χ2n) is 10.5. The minimum atomic E-state index is -0.131. The lowest BCUT2D eigenvalue weighted by molar-refractivity contribution is 0.355. The molecule has 1 aromatic carbocycles. The van der Waals surface area contributed by atoms with Gasteiger partial charge in [-0.05, 0) is 55.4 Å². The molecule has 0 aliphatic rings. The Kier molecular flexibility index (Phi) is 8.98. The second-order valence-corrected chi connectivity index (χ2v) is 10.5. The molecule has 0 aliphatic carbocycles. The van der Waals surface area contributed by atoms with Gasteiger partial charge in [0.15, 0.2) is 11.5 Å². The summed E-state index contributed by atoms with van der Waals surface area (Å²) in [4.78, 5) is 0. The number of unbranched alkanes of at least 4 members (excludes halogenated alkanes) is 4. The van der Waals surface area contributed by atoms with E-state index in [0.717, 1.165) is 32.1 Å². The van der Waals surface area contributed by atoms with E-state index >= 15 is 0 Å². The zero-order valence-corrected chi connectivity index (χ0v) is 18.5. The predicted molar refractivity (Wildman–Crippen MR) is 115 cm³/mol. The topological polar surface area (TPSA) is 60.7 Å². The Bertz CT molecular complexity index is 577. The van der Waals surface area contributed by atoms with Crippen LogP contribution < -0.4 is 0 Å². The zero-order valence-electron chi connectivity index (χ0n) is 18.5. The van der Waals surface area contributed by atoms with E-state index in [4.69, 9.17) is 0 Å². The average molecular weight is 379 g/mol. The smallest absolute Gasteiger partial charge is 0.164 e. The van der Waals surface area contributed by atoms with E-state index < -0.39 is 0 Å². The summed E-state index contributed by atoms with van der Waals surface area (Å²) in [5.74, 6) is -0.0643. The van der Waals surface area contributed by atoms with Gasteiger partial charge in [0.2, 0.25) is 0 Å². The first-order valence-electron chi connectivity index (χ1n) is 10.7. The fourth-order valence-electron chi connectivity index (χ4n) is 3.46. The Hall–Kier alpha value is -1.38. The molecule has 0 atom stereocenters. The standard InChI is InChI=1S/C24H42O3/c1-23(2,3)15-11-8-7-9-13-18-17-20(25)19(22(27)21(18)26)14-10-12-16-24(4,5)6/h17,25-27H,7-16H2,1-6H3. The quantitative estimate of drug-likeness (QED) is 0.231. The van der Waals surface area contributed by atoms with Crippen molar-refractivity contribution in [2.45, 2.75) is 106 Å². The molecule has 0 saturated carbocycles. The van der Waals surface area contributed by atoms with Crippen molar-refractivity contribution in [3.8, 4) is 17.2 Å². The Labute approximate surface area is 166 Å². The maximum atomic E-state index is 10.3. The molecule has 1 rings (SSSR count). The summed E-state index contributed by atoms with van der Waals surface area (Å²) >= 11 is 0. The number of rotatable bonds is 10. The number of aryl methyl sites for hydroxylation is 1. The molecular weight excluding hydrogens is 336 g/mol. The van der Waals surface area contributed by atoms with Gasteiger partial charge >= 0.3 is 0 Å². The van der Waals surface area contributed by atoms with Gasteiger partial charge in [-0.15, -0.1) is 0 Å². The van der Waals surface area contributed by atoms with Crippen LogP contribution in [0.3, 0.4) is 0 Å². The Morgan fingerprint density at radius 3 is 1.67 bits per heavy atom. The first-order chi connectivity index (χ1) is 12.4. The lowest BCUT2D eigenvalue weighted by Gasteiger charge is -2.18. The molecule has 0 unspecified atom stereocenters. The third-order valence-electron chi connectivity index (χ3n) is 5.16. The van der Waals surface area contributed by atoms with Crippen molar-refractivity contribution in [1.29, 1.82) is 0 Å². The minimum absolute atomic E-state index is 0.0479. The van der Waals surface area contributed by atoms with E-state index in [1.54, 1.807) is 6.07 Å². The molecule has 3 heteroatoms. The second kappa shape index (κ2) is 10.2.